The van der Waals surface area contributed by atoms with Gasteiger partial charge in [0.15, 0.2) is 0 Å². The maximum absolute atomic E-state index is 11.5. The normalized spacial score (nSPS) is 13.2. The van der Waals surface area contributed by atoms with E-state index in [0.717, 1.165) is 11.3 Å². The van der Waals surface area contributed by atoms with E-state index in [2.05, 4.69) is 38.2 Å². The fourth-order valence-electron chi connectivity index (χ4n) is 3.05. The maximum Gasteiger partial charge on any atom is 0.320 e. The molecule has 0 aliphatic heterocycles. The summed E-state index contributed by atoms with van der Waals surface area (Å²) < 4.78 is 1.95. The Hall–Kier alpha value is -2.14. The number of aromatic nitrogens is 2. The average molecular weight is 357 g/mol. The van der Waals surface area contributed by atoms with Crippen LogP contribution in [0.5, 0.6) is 0 Å². The van der Waals surface area contributed by atoms with Crippen LogP contribution in [0, 0.1) is 5.92 Å². The number of benzene rings is 1. The van der Waals surface area contributed by atoms with Crippen LogP contribution in [0.3, 0.4) is 0 Å². The first-order valence-electron chi connectivity index (χ1n) is 9.23. The van der Waals surface area contributed by atoms with Gasteiger partial charge in [0.25, 0.3) is 0 Å². The molecule has 0 aliphatic carbocycles. The molecule has 1 heterocycles. The second-order valence-corrected chi connectivity index (χ2v) is 8.34. The molecule has 0 aliphatic rings. The molecule has 2 rings (SSSR count). The standard InChI is InChI=1S/C21H31N3O2/c1-15(2)11-18(20(25)26)22-12-17-14-24(23-19(17)21(3,4)5)13-16-9-7-6-8-10-16/h6-10,14-15,18,22H,11-13H2,1-5H3,(H,25,26)/t18-/m1/s1. The van der Waals surface area contributed by atoms with Crippen LogP contribution in [0.2, 0.25) is 0 Å². The summed E-state index contributed by atoms with van der Waals surface area (Å²) in [5, 5.41) is 17.4. The molecule has 0 amide bonds. The summed E-state index contributed by atoms with van der Waals surface area (Å²) in [6.45, 7) is 11.7. The summed E-state index contributed by atoms with van der Waals surface area (Å²) in [6, 6.07) is 9.67. The van der Waals surface area contributed by atoms with Gasteiger partial charge in [0.2, 0.25) is 0 Å². The van der Waals surface area contributed by atoms with E-state index >= 15 is 0 Å². The van der Waals surface area contributed by atoms with Crippen LogP contribution in [0.4, 0.5) is 0 Å². The highest BCUT2D eigenvalue weighted by Crippen LogP contribution is 2.25. The summed E-state index contributed by atoms with van der Waals surface area (Å²) in [6.07, 6.45) is 2.65. The smallest absolute Gasteiger partial charge is 0.320 e. The maximum atomic E-state index is 11.5. The quantitative estimate of drug-likeness (QED) is 0.754. The van der Waals surface area contributed by atoms with Crippen LogP contribution in [-0.2, 0) is 23.3 Å². The number of carbonyl (C=O) groups is 1. The molecular formula is C21H31N3O2. The number of carboxylic acid groups (broad SMARTS) is 1. The lowest BCUT2D eigenvalue weighted by atomic mass is 9.89. The molecule has 0 fully saturated rings. The highest BCUT2D eigenvalue weighted by molar-refractivity contribution is 5.73. The van der Waals surface area contributed by atoms with Crippen LogP contribution in [-0.4, -0.2) is 26.9 Å². The third kappa shape index (κ3) is 5.70. The molecule has 1 atom stereocenters. The highest BCUT2D eigenvalue weighted by Gasteiger charge is 2.24. The van der Waals surface area contributed by atoms with E-state index < -0.39 is 12.0 Å². The number of aliphatic carboxylic acids is 1. The molecule has 0 bridgehead atoms. The first kappa shape index (κ1) is 20.2. The Bertz CT molecular complexity index is 715. The highest BCUT2D eigenvalue weighted by atomic mass is 16.4. The zero-order valence-electron chi connectivity index (χ0n) is 16.5. The fourth-order valence-corrected chi connectivity index (χ4v) is 3.05. The van der Waals surface area contributed by atoms with Gasteiger partial charge in [-0.05, 0) is 17.9 Å². The Balaban J connectivity index is 2.19. The molecule has 0 radical (unpaired) electrons. The summed E-state index contributed by atoms with van der Waals surface area (Å²) >= 11 is 0. The lowest BCUT2D eigenvalue weighted by Gasteiger charge is -2.20. The molecule has 1 aromatic carbocycles. The van der Waals surface area contributed by atoms with Crippen molar-refractivity contribution in [2.75, 3.05) is 0 Å². The number of rotatable bonds is 8. The topological polar surface area (TPSA) is 67.2 Å². The summed E-state index contributed by atoms with van der Waals surface area (Å²) in [5.41, 5.74) is 3.16. The van der Waals surface area contributed by atoms with Crippen molar-refractivity contribution in [2.45, 2.75) is 65.6 Å². The number of hydrogen-bond donors (Lipinski definition) is 2. The van der Waals surface area contributed by atoms with Crippen LogP contribution < -0.4 is 5.32 Å². The van der Waals surface area contributed by atoms with Gasteiger partial charge in [-0.1, -0.05) is 65.0 Å². The van der Waals surface area contributed by atoms with Crippen LogP contribution in [0.1, 0.15) is 57.9 Å². The molecule has 2 aromatic rings. The first-order valence-corrected chi connectivity index (χ1v) is 9.23. The van der Waals surface area contributed by atoms with Gasteiger partial charge >= 0.3 is 5.97 Å². The predicted molar refractivity (Wildman–Crippen MR) is 104 cm³/mol. The largest absolute Gasteiger partial charge is 0.480 e. The van der Waals surface area contributed by atoms with Gasteiger partial charge in [-0.2, -0.15) is 5.10 Å². The third-order valence-corrected chi connectivity index (χ3v) is 4.28. The molecule has 1 aromatic heterocycles. The minimum Gasteiger partial charge on any atom is -0.480 e. The summed E-state index contributed by atoms with van der Waals surface area (Å²) in [7, 11) is 0. The van der Waals surface area contributed by atoms with Crippen molar-refractivity contribution in [3.8, 4) is 0 Å². The van der Waals surface area contributed by atoms with Gasteiger partial charge in [0, 0.05) is 23.7 Å². The summed E-state index contributed by atoms with van der Waals surface area (Å²) in [5.74, 6) is -0.473. The Morgan fingerprint density at radius 2 is 1.88 bits per heavy atom. The van der Waals surface area contributed by atoms with E-state index in [-0.39, 0.29) is 5.41 Å². The zero-order chi connectivity index (χ0) is 19.3. The van der Waals surface area contributed by atoms with E-state index in [1.165, 1.54) is 5.56 Å². The van der Waals surface area contributed by atoms with Gasteiger partial charge < -0.3 is 10.4 Å². The van der Waals surface area contributed by atoms with Gasteiger partial charge in [-0.25, -0.2) is 0 Å². The van der Waals surface area contributed by atoms with Crippen molar-refractivity contribution in [1.29, 1.82) is 0 Å². The van der Waals surface area contributed by atoms with Crippen molar-refractivity contribution < 1.29 is 9.90 Å². The lowest BCUT2D eigenvalue weighted by Crippen LogP contribution is -2.37. The van der Waals surface area contributed by atoms with Crippen molar-refractivity contribution in [1.82, 2.24) is 15.1 Å². The molecule has 26 heavy (non-hydrogen) atoms. The second kappa shape index (κ2) is 8.49. The number of nitrogens with zero attached hydrogens (tertiary/aromatic N) is 2. The van der Waals surface area contributed by atoms with Crippen LogP contribution in [0.25, 0.3) is 0 Å². The molecule has 0 saturated heterocycles. The van der Waals surface area contributed by atoms with Gasteiger partial charge in [-0.3, -0.25) is 9.48 Å². The minimum atomic E-state index is -0.798. The molecule has 142 valence electrons. The molecule has 5 nitrogen and oxygen atoms in total. The Morgan fingerprint density at radius 3 is 2.42 bits per heavy atom. The SMILES string of the molecule is CC(C)C[C@@H](NCc1cn(Cc2ccccc2)nc1C(C)(C)C)C(=O)O. The van der Waals surface area contributed by atoms with Crippen molar-refractivity contribution in [3.63, 3.8) is 0 Å². The molecule has 2 N–H and O–H groups in total. The van der Waals surface area contributed by atoms with Crippen molar-refractivity contribution in [3.05, 3.63) is 53.3 Å². The Kier molecular flexibility index (Phi) is 6.59. The van der Waals surface area contributed by atoms with E-state index in [4.69, 9.17) is 5.10 Å². The number of nitrogens with one attached hydrogen (secondary N) is 1. The van der Waals surface area contributed by atoms with Gasteiger partial charge in [0.1, 0.15) is 6.04 Å². The minimum absolute atomic E-state index is 0.101. The van der Waals surface area contributed by atoms with E-state index in [1.54, 1.807) is 0 Å². The van der Waals surface area contributed by atoms with Crippen LogP contribution in [0.15, 0.2) is 36.5 Å². The van der Waals surface area contributed by atoms with Crippen molar-refractivity contribution >= 4 is 5.97 Å². The van der Waals surface area contributed by atoms with E-state index in [9.17, 15) is 9.90 Å². The predicted octanol–water partition coefficient (Wildman–Crippen LogP) is 3.82. The molecule has 0 saturated carbocycles. The lowest BCUT2D eigenvalue weighted by molar-refractivity contribution is -0.140. The number of hydrogen-bond acceptors (Lipinski definition) is 3. The number of carboxylic acids is 1. The first-order chi connectivity index (χ1) is 12.2. The fraction of sp³-hybridized carbons (Fsp3) is 0.524. The second-order valence-electron chi connectivity index (χ2n) is 8.34. The van der Waals surface area contributed by atoms with Crippen molar-refractivity contribution in [2.24, 2.45) is 5.92 Å². The van der Waals surface area contributed by atoms with E-state index in [1.807, 2.05) is 42.9 Å². The molecular weight excluding hydrogens is 326 g/mol. The Labute approximate surface area is 156 Å². The van der Waals surface area contributed by atoms with Gasteiger partial charge in [-0.15, -0.1) is 0 Å². The molecule has 0 spiro atoms. The third-order valence-electron chi connectivity index (χ3n) is 4.28. The molecule has 0 unspecified atom stereocenters. The van der Waals surface area contributed by atoms with Crippen LogP contribution >= 0.6 is 0 Å². The zero-order valence-corrected chi connectivity index (χ0v) is 16.5. The summed E-state index contributed by atoms with van der Waals surface area (Å²) in [4.78, 5) is 11.5. The van der Waals surface area contributed by atoms with E-state index in [0.29, 0.717) is 25.4 Å². The Morgan fingerprint density at radius 1 is 1.23 bits per heavy atom. The van der Waals surface area contributed by atoms with Gasteiger partial charge in [0.05, 0.1) is 12.2 Å². The molecule has 5 heteroatoms. The monoisotopic (exact) mass is 357 g/mol. The average Bonchev–Trinajstić information content (AvgIpc) is 2.95.